The monoisotopic (exact) mass is 417 g/mol. The van der Waals surface area contributed by atoms with Crippen LogP contribution in [0.1, 0.15) is 29.5 Å². The Bertz CT molecular complexity index is 1130. The molecule has 1 amide bonds. The van der Waals surface area contributed by atoms with Crippen LogP contribution < -0.4 is 9.64 Å². The van der Waals surface area contributed by atoms with Crippen molar-refractivity contribution in [3.63, 3.8) is 0 Å². The van der Waals surface area contributed by atoms with Crippen molar-refractivity contribution in [2.75, 3.05) is 31.3 Å². The third kappa shape index (κ3) is 3.38. The molecular formula is C26H27NO4. The quantitative estimate of drug-likeness (QED) is 0.556. The summed E-state index contributed by atoms with van der Waals surface area (Å²) in [5, 5.41) is 2.35. The smallest absolute Gasteiger partial charge is 0.292 e. The van der Waals surface area contributed by atoms with Gasteiger partial charge in [0.2, 0.25) is 0 Å². The van der Waals surface area contributed by atoms with Crippen molar-refractivity contribution in [1.82, 2.24) is 0 Å². The molecule has 5 heteroatoms. The van der Waals surface area contributed by atoms with E-state index in [1.807, 2.05) is 43.0 Å². The highest BCUT2D eigenvalue weighted by molar-refractivity contribution is 6.07. The predicted molar refractivity (Wildman–Crippen MR) is 121 cm³/mol. The number of fused-ring (bicyclic) bond motifs is 3. The topological polar surface area (TPSA) is 48.0 Å². The van der Waals surface area contributed by atoms with Gasteiger partial charge in [-0.1, -0.05) is 42.5 Å². The van der Waals surface area contributed by atoms with E-state index in [9.17, 15) is 4.79 Å². The van der Waals surface area contributed by atoms with E-state index in [0.29, 0.717) is 32.8 Å². The van der Waals surface area contributed by atoms with Crippen LogP contribution in [-0.2, 0) is 20.1 Å². The van der Waals surface area contributed by atoms with E-state index in [1.165, 1.54) is 5.39 Å². The van der Waals surface area contributed by atoms with Gasteiger partial charge in [0, 0.05) is 12.1 Å². The number of carbonyl (C=O) groups excluding carboxylic acids is 1. The molecule has 0 saturated carbocycles. The molecule has 1 spiro atoms. The van der Waals surface area contributed by atoms with Crippen LogP contribution in [0.25, 0.3) is 10.8 Å². The molecule has 3 aromatic carbocycles. The number of nitrogens with zero attached hydrogens (tertiary/aromatic N) is 1. The molecule has 31 heavy (non-hydrogen) atoms. The molecular weight excluding hydrogens is 390 g/mol. The molecule has 5 rings (SSSR count). The van der Waals surface area contributed by atoms with E-state index in [0.717, 1.165) is 39.9 Å². The Morgan fingerprint density at radius 3 is 2.52 bits per heavy atom. The Kier molecular flexibility index (Phi) is 5.16. The van der Waals surface area contributed by atoms with Gasteiger partial charge in [-0.05, 0) is 60.7 Å². The second-order valence-corrected chi connectivity index (χ2v) is 8.26. The molecule has 0 aromatic heterocycles. The first-order chi connectivity index (χ1) is 15.1. The largest absolute Gasteiger partial charge is 0.494 e. The molecule has 0 atom stereocenters. The normalized spacial score (nSPS) is 17.4. The zero-order valence-electron chi connectivity index (χ0n) is 18.0. The average molecular weight is 418 g/mol. The first-order valence-electron chi connectivity index (χ1n) is 10.9. The molecule has 5 nitrogen and oxygen atoms in total. The van der Waals surface area contributed by atoms with Gasteiger partial charge in [-0.25, -0.2) is 0 Å². The van der Waals surface area contributed by atoms with Crippen LogP contribution in [0.15, 0.2) is 54.6 Å². The number of carbonyl (C=O) groups is 1. The maximum absolute atomic E-state index is 13.5. The molecule has 2 aliphatic heterocycles. The maximum Gasteiger partial charge on any atom is 0.292 e. The molecule has 3 aromatic rings. The Labute approximate surface area is 182 Å². The fraction of sp³-hybridized carbons (Fsp3) is 0.346. The highest BCUT2D eigenvalue weighted by atomic mass is 16.7. The van der Waals surface area contributed by atoms with E-state index in [4.69, 9.17) is 14.2 Å². The van der Waals surface area contributed by atoms with Gasteiger partial charge in [0.05, 0.1) is 25.5 Å². The van der Waals surface area contributed by atoms with E-state index in [1.54, 1.807) is 0 Å². The molecule has 0 bridgehead atoms. The Hall–Kier alpha value is -2.89. The molecule has 0 unspecified atom stereocenters. The summed E-state index contributed by atoms with van der Waals surface area (Å²) in [6.45, 7) is 6.18. The van der Waals surface area contributed by atoms with Crippen molar-refractivity contribution >= 4 is 22.4 Å². The lowest BCUT2D eigenvalue weighted by atomic mass is 9.97. The number of anilines is 1. The summed E-state index contributed by atoms with van der Waals surface area (Å²) < 4.78 is 18.0. The Morgan fingerprint density at radius 1 is 0.968 bits per heavy atom. The highest BCUT2D eigenvalue weighted by Crippen LogP contribution is 2.48. The van der Waals surface area contributed by atoms with E-state index in [-0.39, 0.29) is 5.91 Å². The van der Waals surface area contributed by atoms with Gasteiger partial charge in [-0.15, -0.1) is 0 Å². The summed E-state index contributed by atoms with van der Waals surface area (Å²) in [7, 11) is 0. The zero-order valence-corrected chi connectivity index (χ0v) is 18.0. The van der Waals surface area contributed by atoms with Crippen molar-refractivity contribution in [3.05, 3.63) is 71.3 Å². The standard InChI is InChI=1S/C26H27NO4/c1-18-9-10-19(2)24-23(18)26(30-15-6-16-31-26)25(28)27(24)13-5-14-29-22-12-11-20-7-3-4-8-21(20)17-22/h3-4,7-12,17H,5-6,13-16H2,1-2H3. The van der Waals surface area contributed by atoms with Crippen LogP contribution in [0, 0.1) is 13.8 Å². The summed E-state index contributed by atoms with van der Waals surface area (Å²) in [4.78, 5) is 15.3. The van der Waals surface area contributed by atoms with Gasteiger partial charge in [-0.3, -0.25) is 4.79 Å². The van der Waals surface area contributed by atoms with Gasteiger partial charge in [0.25, 0.3) is 11.7 Å². The van der Waals surface area contributed by atoms with Crippen molar-refractivity contribution < 1.29 is 19.0 Å². The minimum Gasteiger partial charge on any atom is -0.494 e. The van der Waals surface area contributed by atoms with Crippen LogP contribution >= 0.6 is 0 Å². The lowest BCUT2D eigenvalue weighted by Gasteiger charge is -2.33. The lowest BCUT2D eigenvalue weighted by molar-refractivity contribution is -0.257. The predicted octanol–water partition coefficient (Wildman–Crippen LogP) is 4.86. The van der Waals surface area contributed by atoms with Crippen LogP contribution in [0.5, 0.6) is 5.75 Å². The Morgan fingerprint density at radius 2 is 1.71 bits per heavy atom. The second-order valence-electron chi connectivity index (χ2n) is 8.26. The third-order valence-corrected chi connectivity index (χ3v) is 6.13. The van der Waals surface area contributed by atoms with Gasteiger partial charge in [-0.2, -0.15) is 0 Å². The highest BCUT2D eigenvalue weighted by Gasteiger charge is 2.56. The van der Waals surface area contributed by atoms with Crippen molar-refractivity contribution in [2.45, 2.75) is 32.5 Å². The fourth-order valence-corrected chi connectivity index (χ4v) is 4.63. The SMILES string of the molecule is Cc1ccc(C)c2c1N(CCCOc1ccc3ccccc3c1)C(=O)C21OCCCO1. The number of hydrogen-bond donors (Lipinski definition) is 0. The first-order valence-corrected chi connectivity index (χ1v) is 10.9. The fourth-order valence-electron chi connectivity index (χ4n) is 4.63. The first kappa shape index (κ1) is 20.0. The molecule has 0 N–H and O–H groups in total. The van der Waals surface area contributed by atoms with Crippen molar-refractivity contribution in [3.8, 4) is 5.75 Å². The molecule has 2 aliphatic rings. The van der Waals surface area contributed by atoms with E-state index < -0.39 is 5.79 Å². The summed E-state index contributed by atoms with van der Waals surface area (Å²) in [6.07, 6.45) is 1.51. The Balaban J connectivity index is 1.32. The van der Waals surface area contributed by atoms with Gasteiger partial charge >= 0.3 is 0 Å². The van der Waals surface area contributed by atoms with Crippen LogP contribution in [0.4, 0.5) is 5.69 Å². The van der Waals surface area contributed by atoms with E-state index in [2.05, 4.69) is 30.3 Å². The number of aryl methyl sites for hydroxylation is 2. The minimum atomic E-state index is -1.29. The van der Waals surface area contributed by atoms with Crippen molar-refractivity contribution in [1.29, 1.82) is 0 Å². The molecule has 1 fully saturated rings. The second kappa shape index (κ2) is 7.98. The van der Waals surface area contributed by atoms with Gasteiger partial charge < -0.3 is 19.1 Å². The van der Waals surface area contributed by atoms with E-state index >= 15 is 0 Å². The number of ether oxygens (including phenoxy) is 3. The summed E-state index contributed by atoms with van der Waals surface area (Å²) in [5.74, 6) is -0.567. The molecule has 0 radical (unpaired) electrons. The third-order valence-electron chi connectivity index (χ3n) is 6.13. The minimum absolute atomic E-state index is 0.120. The summed E-state index contributed by atoms with van der Waals surface area (Å²) in [6, 6.07) is 18.4. The zero-order chi connectivity index (χ0) is 21.4. The van der Waals surface area contributed by atoms with Gasteiger partial charge in [0.15, 0.2) is 0 Å². The van der Waals surface area contributed by atoms with Crippen molar-refractivity contribution in [2.24, 2.45) is 0 Å². The molecule has 160 valence electrons. The molecule has 0 aliphatic carbocycles. The maximum atomic E-state index is 13.5. The van der Waals surface area contributed by atoms with Gasteiger partial charge in [0.1, 0.15) is 5.75 Å². The number of amides is 1. The summed E-state index contributed by atoms with van der Waals surface area (Å²) in [5.41, 5.74) is 3.87. The number of benzene rings is 3. The average Bonchev–Trinajstić information content (AvgIpc) is 3.03. The summed E-state index contributed by atoms with van der Waals surface area (Å²) >= 11 is 0. The van der Waals surface area contributed by atoms with Crippen LogP contribution in [0.2, 0.25) is 0 Å². The van der Waals surface area contributed by atoms with Crippen LogP contribution in [-0.4, -0.2) is 32.3 Å². The van der Waals surface area contributed by atoms with Crippen LogP contribution in [0.3, 0.4) is 0 Å². The molecule has 1 saturated heterocycles. The molecule has 2 heterocycles. The lowest BCUT2D eigenvalue weighted by Crippen LogP contribution is -2.47. The number of hydrogen-bond acceptors (Lipinski definition) is 4. The number of rotatable bonds is 5.